The van der Waals surface area contributed by atoms with Gasteiger partial charge < -0.3 is 4.74 Å². The fourth-order valence-electron chi connectivity index (χ4n) is 2.77. The maximum Gasteiger partial charge on any atom is 0.160 e. The summed E-state index contributed by atoms with van der Waals surface area (Å²) < 4.78 is 6.18. The molecule has 126 valence electrons. The van der Waals surface area contributed by atoms with Gasteiger partial charge >= 0.3 is 0 Å². The van der Waals surface area contributed by atoms with Crippen LogP contribution in [0.15, 0.2) is 90.5 Å². The van der Waals surface area contributed by atoms with Crippen molar-refractivity contribution in [3.63, 3.8) is 0 Å². The molecule has 26 heavy (non-hydrogen) atoms. The first kappa shape index (κ1) is 16.3. The lowest BCUT2D eigenvalue weighted by Gasteiger charge is -2.19. The molecule has 1 aliphatic rings. The van der Waals surface area contributed by atoms with E-state index in [1.165, 1.54) is 11.3 Å². The average molecular weight is 356 g/mol. The van der Waals surface area contributed by atoms with Gasteiger partial charge in [-0.15, -0.1) is 11.3 Å². The molecule has 1 aliphatic heterocycles. The fraction of sp³-hybridized carbons (Fsp3) is 0. The van der Waals surface area contributed by atoms with Gasteiger partial charge in [0.1, 0.15) is 11.5 Å². The lowest BCUT2D eigenvalue weighted by Crippen LogP contribution is -1.99. The van der Waals surface area contributed by atoms with E-state index in [0.29, 0.717) is 0 Å². The lowest BCUT2D eigenvalue weighted by atomic mass is 10.0. The van der Waals surface area contributed by atoms with Crippen LogP contribution in [0.5, 0.6) is 0 Å². The molecule has 0 saturated heterocycles. The highest BCUT2D eigenvalue weighted by molar-refractivity contribution is 7.14. The van der Waals surface area contributed by atoms with Gasteiger partial charge in [0.15, 0.2) is 6.29 Å². The smallest absolute Gasteiger partial charge is 0.160 e. The zero-order chi connectivity index (χ0) is 17.8. The SMILES string of the molecule is O=Cc1ccc(C=C2C=C(c3ccccc3)OC(c3ccccc3)=C2)s1. The van der Waals surface area contributed by atoms with Crippen LogP contribution in [0, 0.1) is 0 Å². The third-order valence-electron chi connectivity index (χ3n) is 4.00. The highest BCUT2D eigenvalue weighted by atomic mass is 32.1. The second-order valence-corrected chi connectivity index (χ2v) is 7.00. The summed E-state index contributed by atoms with van der Waals surface area (Å²) in [6.07, 6.45) is 7.02. The summed E-state index contributed by atoms with van der Waals surface area (Å²) in [5.74, 6) is 1.62. The Kier molecular flexibility index (Phi) is 4.63. The standard InChI is InChI=1S/C23H16O2S/c24-16-21-12-11-20(26-21)13-17-14-22(18-7-3-1-4-8-18)25-23(15-17)19-9-5-2-6-10-19/h1-16H. The quantitative estimate of drug-likeness (QED) is 0.531. The van der Waals surface area contributed by atoms with Crippen LogP contribution in [0.4, 0.5) is 0 Å². The first-order valence-corrected chi connectivity index (χ1v) is 9.12. The highest BCUT2D eigenvalue weighted by Gasteiger charge is 2.15. The van der Waals surface area contributed by atoms with E-state index in [1.807, 2.05) is 84.9 Å². The number of hydrogen-bond donors (Lipinski definition) is 0. The molecule has 0 amide bonds. The minimum absolute atomic E-state index is 0.725. The predicted octanol–water partition coefficient (Wildman–Crippen LogP) is 6.06. The number of ether oxygens (including phenoxy) is 1. The molecule has 4 rings (SSSR count). The van der Waals surface area contributed by atoms with E-state index < -0.39 is 0 Å². The van der Waals surface area contributed by atoms with Gasteiger partial charge in [-0.2, -0.15) is 0 Å². The molecule has 2 aromatic carbocycles. The lowest BCUT2D eigenvalue weighted by molar-refractivity contribution is 0.112. The van der Waals surface area contributed by atoms with E-state index in [4.69, 9.17) is 4.74 Å². The van der Waals surface area contributed by atoms with Crippen molar-refractivity contribution >= 4 is 35.2 Å². The first-order valence-electron chi connectivity index (χ1n) is 8.30. The molecule has 0 atom stereocenters. The molecule has 3 heteroatoms. The summed E-state index contributed by atoms with van der Waals surface area (Å²) in [6.45, 7) is 0. The van der Waals surface area contributed by atoms with Gasteiger partial charge in [-0.05, 0) is 35.9 Å². The number of allylic oxidation sites excluding steroid dienone is 3. The van der Waals surface area contributed by atoms with Crippen molar-refractivity contribution in [2.45, 2.75) is 0 Å². The topological polar surface area (TPSA) is 26.3 Å². The van der Waals surface area contributed by atoms with Gasteiger partial charge in [0.25, 0.3) is 0 Å². The van der Waals surface area contributed by atoms with Crippen LogP contribution in [-0.2, 0) is 4.74 Å². The second kappa shape index (κ2) is 7.38. The molecule has 0 unspecified atom stereocenters. The molecular weight excluding hydrogens is 340 g/mol. The van der Waals surface area contributed by atoms with Crippen LogP contribution in [0.1, 0.15) is 25.7 Å². The maximum atomic E-state index is 10.9. The Morgan fingerprint density at radius 2 is 1.23 bits per heavy atom. The third-order valence-corrected chi connectivity index (χ3v) is 4.96. The number of hydrogen-bond acceptors (Lipinski definition) is 3. The van der Waals surface area contributed by atoms with Crippen LogP contribution in [0.3, 0.4) is 0 Å². The van der Waals surface area contributed by atoms with Gasteiger partial charge in [0, 0.05) is 16.0 Å². The highest BCUT2D eigenvalue weighted by Crippen LogP contribution is 2.33. The summed E-state index contributed by atoms with van der Waals surface area (Å²) in [7, 11) is 0. The summed E-state index contributed by atoms with van der Waals surface area (Å²) >= 11 is 1.48. The Bertz CT molecular complexity index is 951. The van der Waals surface area contributed by atoms with Crippen LogP contribution in [0.2, 0.25) is 0 Å². The molecule has 1 aromatic heterocycles. The van der Waals surface area contributed by atoms with Gasteiger partial charge in [0.05, 0.1) is 4.88 Å². The van der Waals surface area contributed by atoms with Crippen molar-refractivity contribution in [2.24, 2.45) is 0 Å². The fourth-order valence-corrected chi connectivity index (χ4v) is 3.56. The first-order chi connectivity index (χ1) is 12.8. The minimum atomic E-state index is 0.725. The molecule has 0 aliphatic carbocycles. The Hall–Kier alpha value is -3.17. The van der Waals surface area contributed by atoms with E-state index >= 15 is 0 Å². The zero-order valence-electron chi connectivity index (χ0n) is 14.0. The average Bonchev–Trinajstić information content (AvgIpc) is 3.16. The number of carbonyl (C=O) groups is 1. The summed E-state index contributed by atoms with van der Waals surface area (Å²) in [5, 5.41) is 0. The normalized spacial score (nSPS) is 13.5. The van der Waals surface area contributed by atoms with Crippen molar-refractivity contribution in [3.05, 3.63) is 111 Å². The number of rotatable bonds is 4. The van der Waals surface area contributed by atoms with Crippen LogP contribution in [-0.4, -0.2) is 6.29 Å². The molecule has 3 aromatic rings. The van der Waals surface area contributed by atoms with Gasteiger partial charge in [-0.3, -0.25) is 4.79 Å². The Labute approximate surface area is 156 Å². The molecule has 2 nitrogen and oxygen atoms in total. The molecular formula is C23H16O2S. The monoisotopic (exact) mass is 356 g/mol. The van der Waals surface area contributed by atoms with E-state index in [2.05, 4.69) is 6.08 Å². The van der Waals surface area contributed by atoms with E-state index in [0.717, 1.165) is 44.3 Å². The molecule has 0 bridgehead atoms. The van der Waals surface area contributed by atoms with Crippen molar-refractivity contribution < 1.29 is 9.53 Å². The molecule has 0 radical (unpaired) electrons. The Morgan fingerprint density at radius 3 is 1.73 bits per heavy atom. The van der Waals surface area contributed by atoms with E-state index in [1.54, 1.807) is 0 Å². The van der Waals surface area contributed by atoms with Gasteiger partial charge in [0.2, 0.25) is 0 Å². The predicted molar refractivity (Wildman–Crippen MR) is 108 cm³/mol. The van der Waals surface area contributed by atoms with Crippen molar-refractivity contribution in [2.75, 3.05) is 0 Å². The maximum absolute atomic E-state index is 10.9. The summed E-state index contributed by atoms with van der Waals surface area (Å²) in [6, 6.07) is 23.9. The largest absolute Gasteiger partial charge is 0.456 e. The van der Waals surface area contributed by atoms with Gasteiger partial charge in [-0.1, -0.05) is 60.7 Å². The van der Waals surface area contributed by atoms with Crippen molar-refractivity contribution in [1.29, 1.82) is 0 Å². The van der Waals surface area contributed by atoms with Crippen molar-refractivity contribution in [3.8, 4) is 0 Å². The molecule has 0 spiro atoms. The molecule has 2 heterocycles. The summed E-state index contributed by atoms with van der Waals surface area (Å²) in [4.78, 5) is 12.7. The number of thiophene rings is 1. The minimum Gasteiger partial charge on any atom is -0.456 e. The number of aldehydes is 1. The number of carbonyl (C=O) groups excluding carboxylic acids is 1. The molecule has 0 N–H and O–H groups in total. The summed E-state index contributed by atoms with van der Waals surface area (Å²) in [5.41, 5.74) is 3.09. The Balaban J connectivity index is 1.77. The van der Waals surface area contributed by atoms with Gasteiger partial charge in [-0.25, -0.2) is 0 Å². The zero-order valence-corrected chi connectivity index (χ0v) is 14.8. The van der Waals surface area contributed by atoms with Crippen LogP contribution in [0.25, 0.3) is 17.6 Å². The Morgan fingerprint density at radius 1 is 0.692 bits per heavy atom. The van der Waals surface area contributed by atoms with E-state index in [9.17, 15) is 4.79 Å². The van der Waals surface area contributed by atoms with Crippen LogP contribution < -0.4 is 0 Å². The second-order valence-electron chi connectivity index (χ2n) is 5.85. The van der Waals surface area contributed by atoms with Crippen LogP contribution >= 0.6 is 11.3 Å². The van der Waals surface area contributed by atoms with E-state index in [-0.39, 0.29) is 0 Å². The number of benzene rings is 2. The molecule has 0 fully saturated rings. The van der Waals surface area contributed by atoms with Crippen molar-refractivity contribution in [1.82, 2.24) is 0 Å². The third kappa shape index (κ3) is 3.58. The molecule has 0 saturated carbocycles.